The Balaban J connectivity index is 1.81. The maximum atomic E-state index is 14.0. The Bertz CT molecular complexity index is 646. The molecule has 2 aromatic carbocycles. The fourth-order valence-electron chi connectivity index (χ4n) is 2.83. The third kappa shape index (κ3) is 3.18. The van der Waals surface area contributed by atoms with Crippen molar-refractivity contribution in [2.45, 2.75) is 25.0 Å². The van der Waals surface area contributed by atoms with Gasteiger partial charge in [-0.05, 0) is 36.1 Å². The second-order valence-corrected chi connectivity index (χ2v) is 6.23. The molecule has 2 nitrogen and oxygen atoms in total. The summed E-state index contributed by atoms with van der Waals surface area (Å²) in [7, 11) is 0. The van der Waals surface area contributed by atoms with Gasteiger partial charge in [-0.3, -0.25) is 0 Å². The first-order valence-corrected chi connectivity index (χ1v) is 7.84. The van der Waals surface area contributed by atoms with Crippen molar-refractivity contribution in [3.63, 3.8) is 0 Å². The first-order chi connectivity index (χ1) is 10.1. The van der Waals surface area contributed by atoms with E-state index >= 15 is 0 Å². The molecule has 0 saturated heterocycles. The molecule has 1 aliphatic rings. The minimum atomic E-state index is -0.380. The minimum absolute atomic E-state index is 0.0620. The van der Waals surface area contributed by atoms with Crippen molar-refractivity contribution in [3.8, 4) is 0 Å². The Morgan fingerprint density at radius 1 is 1.29 bits per heavy atom. The van der Waals surface area contributed by atoms with Crippen molar-refractivity contribution in [1.29, 1.82) is 0 Å². The number of fused-ring (bicyclic) bond motifs is 1. The monoisotopic (exact) mass is 349 g/mol. The lowest BCUT2D eigenvalue weighted by molar-refractivity contribution is 0.0318. The molecule has 0 aliphatic carbocycles. The molecule has 2 N–H and O–H groups in total. The number of ether oxygens (including phenoxy) is 1. The summed E-state index contributed by atoms with van der Waals surface area (Å²) in [5, 5.41) is 0. The van der Waals surface area contributed by atoms with Crippen molar-refractivity contribution in [3.05, 3.63) is 69.4 Å². The van der Waals surface area contributed by atoms with Crippen LogP contribution >= 0.6 is 15.9 Å². The number of nitrogens with two attached hydrogens (primary N) is 1. The highest BCUT2D eigenvalue weighted by molar-refractivity contribution is 9.10. The number of halogens is 2. The summed E-state index contributed by atoms with van der Waals surface area (Å²) in [5.74, 6) is -0.277. The summed E-state index contributed by atoms with van der Waals surface area (Å²) in [4.78, 5) is 0. The molecule has 0 radical (unpaired) electrons. The van der Waals surface area contributed by atoms with Gasteiger partial charge in [0.05, 0.1) is 12.7 Å². The quantitative estimate of drug-likeness (QED) is 0.896. The van der Waals surface area contributed by atoms with Crippen LogP contribution in [-0.2, 0) is 11.2 Å². The normalized spacial score (nSPS) is 19.1. The largest absolute Gasteiger partial charge is 0.373 e. The van der Waals surface area contributed by atoms with Crippen LogP contribution in [0.4, 0.5) is 4.39 Å². The van der Waals surface area contributed by atoms with Crippen LogP contribution in [0.15, 0.2) is 46.9 Å². The SMILES string of the molecule is NC(CC1OCCc2ccccc21)c1ccc(Br)cc1F. The fourth-order valence-corrected chi connectivity index (χ4v) is 3.16. The minimum Gasteiger partial charge on any atom is -0.373 e. The predicted molar refractivity (Wildman–Crippen MR) is 84.5 cm³/mol. The van der Waals surface area contributed by atoms with E-state index in [0.717, 1.165) is 10.9 Å². The van der Waals surface area contributed by atoms with Crippen LogP contribution in [0.2, 0.25) is 0 Å². The zero-order valence-corrected chi connectivity index (χ0v) is 13.1. The van der Waals surface area contributed by atoms with Gasteiger partial charge < -0.3 is 10.5 Å². The van der Waals surface area contributed by atoms with Gasteiger partial charge in [0.25, 0.3) is 0 Å². The first-order valence-electron chi connectivity index (χ1n) is 7.05. The van der Waals surface area contributed by atoms with Crippen molar-refractivity contribution < 1.29 is 9.13 Å². The van der Waals surface area contributed by atoms with E-state index in [1.54, 1.807) is 6.07 Å². The molecular weight excluding hydrogens is 333 g/mol. The topological polar surface area (TPSA) is 35.2 Å². The van der Waals surface area contributed by atoms with Gasteiger partial charge in [-0.1, -0.05) is 46.3 Å². The second-order valence-electron chi connectivity index (χ2n) is 5.32. The Hall–Kier alpha value is -1.23. The molecule has 2 unspecified atom stereocenters. The Kier molecular flexibility index (Phi) is 4.38. The van der Waals surface area contributed by atoms with E-state index in [-0.39, 0.29) is 18.0 Å². The van der Waals surface area contributed by atoms with Crippen molar-refractivity contribution in [1.82, 2.24) is 0 Å². The van der Waals surface area contributed by atoms with Crippen LogP contribution in [0.3, 0.4) is 0 Å². The van der Waals surface area contributed by atoms with E-state index in [1.165, 1.54) is 17.2 Å². The lowest BCUT2D eigenvalue weighted by Crippen LogP contribution is -2.22. The highest BCUT2D eigenvalue weighted by Crippen LogP contribution is 2.34. The van der Waals surface area contributed by atoms with Crippen molar-refractivity contribution in [2.75, 3.05) is 6.61 Å². The number of hydrogen-bond donors (Lipinski definition) is 1. The highest BCUT2D eigenvalue weighted by atomic mass is 79.9. The smallest absolute Gasteiger partial charge is 0.129 e. The zero-order valence-electron chi connectivity index (χ0n) is 11.6. The van der Waals surface area contributed by atoms with Crippen molar-refractivity contribution in [2.24, 2.45) is 5.73 Å². The molecule has 2 aromatic rings. The van der Waals surface area contributed by atoms with Gasteiger partial charge >= 0.3 is 0 Å². The van der Waals surface area contributed by atoms with Gasteiger partial charge in [0.15, 0.2) is 0 Å². The summed E-state index contributed by atoms with van der Waals surface area (Å²) < 4.78 is 20.6. The molecule has 0 saturated carbocycles. The molecule has 3 rings (SSSR count). The number of benzene rings is 2. The van der Waals surface area contributed by atoms with Gasteiger partial charge in [-0.25, -0.2) is 4.39 Å². The van der Waals surface area contributed by atoms with Crippen LogP contribution in [-0.4, -0.2) is 6.61 Å². The van der Waals surface area contributed by atoms with Crippen LogP contribution in [0.25, 0.3) is 0 Å². The standard InChI is InChI=1S/C17H17BrFNO/c18-12-5-6-14(15(19)9-12)16(20)10-17-13-4-2-1-3-11(13)7-8-21-17/h1-6,9,16-17H,7-8,10,20H2. The Morgan fingerprint density at radius 2 is 2.10 bits per heavy atom. The summed E-state index contributed by atoms with van der Waals surface area (Å²) in [5.41, 5.74) is 9.21. The molecule has 1 heterocycles. The second kappa shape index (κ2) is 6.26. The average molecular weight is 350 g/mol. The molecule has 0 amide bonds. The predicted octanol–water partition coefficient (Wildman–Crippen LogP) is 4.29. The van der Waals surface area contributed by atoms with E-state index in [2.05, 4.69) is 28.1 Å². The fraction of sp³-hybridized carbons (Fsp3) is 0.294. The lowest BCUT2D eigenvalue weighted by Gasteiger charge is -2.28. The number of hydrogen-bond acceptors (Lipinski definition) is 2. The molecule has 2 atom stereocenters. The van der Waals surface area contributed by atoms with Crippen LogP contribution in [0.1, 0.15) is 35.3 Å². The summed E-state index contributed by atoms with van der Waals surface area (Å²) in [6, 6.07) is 12.9. The molecule has 4 heteroatoms. The molecule has 0 fully saturated rings. The Labute approximate surface area is 132 Å². The van der Waals surface area contributed by atoms with E-state index in [9.17, 15) is 4.39 Å². The summed E-state index contributed by atoms with van der Waals surface area (Å²) in [6.45, 7) is 0.692. The van der Waals surface area contributed by atoms with E-state index in [0.29, 0.717) is 18.6 Å². The molecule has 21 heavy (non-hydrogen) atoms. The molecule has 110 valence electrons. The summed E-state index contributed by atoms with van der Waals surface area (Å²) in [6.07, 6.45) is 1.44. The van der Waals surface area contributed by atoms with Crippen LogP contribution < -0.4 is 5.73 Å². The molecule has 0 spiro atoms. The lowest BCUT2D eigenvalue weighted by atomic mass is 9.91. The van der Waals surface area contributed by atoms with Crippen LogP contribution in [0, 0.1) is 5.82 Å². The zero-order chi connectivity index (χ0) is 14.8. The van der Waals surface area contributed by atoms with Gasteiger partial charge in [0.2, 0.25) is 0 Å². The van der Waals surface area contributed by atoms with Gasteiger partial charge in [0.1, 0.15) is 5.82 Å². The van der Waals surface area contributed by atoms with Gasteiger partial charge in [0, 0.05) is 16.1 Å². The maximum Gasteiger partial charge on any atom is 0.129 e. The molecule has 1 aliphatic heterocycles. The third-order valence-electron chi connectivity index (χ3n) is 3.92. The summed E-state index contributed by atoms with van der Waals surface area (Å²) >= 11 is 3.26. The molecular formula is C17H17BrFNO. The maximum absolute atomic E-state index is 14.0. The molecule has 0 aromatic heterocycles. The van der Waals surface area contributed by atoms with E-state index in [4.69, 9.17) is 10.5 Å². The third-order valence-corrected chi connectivity index (χ3v) is 4.42. The van der Waals surface area contributed by atoms with E-state index in [1.807, 2.05) is 18.2 Å². The van der Waals surface area contributed by atoms with Gasteiger partial charge in [-0.2, -0.15) is 0 Å². The van der Waals surface area contributed by atoms with Gasteiger partial charge in [-0.15, -0.1) is 0 Å². The Morgan fingerprint density at radius 3 is 2.90 bits per heavy atom. The average Bonchev–Trinajstić information content (AvgIpc) is 2.47. The van der Waals surface area contributed by atoms with Crippen LogP contribution in [0.5, 0.6) is 0 Å². The van der Waals surface area contributed by atoms with Crippen molar-refractivity contribution >= 4 is 15.9 Å². The highest BCUT2D eigenvalue weighted by Gasteiger charge is 2.24. The number of rotatable bonds is 3. The van der Waals surface area contributed by atoms with E-state index < -0.39 is 0 Å². The molecule has 0 bridgehead atoms. The first kappa shape index (κ1) is 14.7.